The molecule has 4 aromatic rings. The lowest BCUT2D eigenvalue weighted by Crippen LogP contribution is -2.34. The minimum absolute atomic E-state index is 0.249. The van der Waals surface area contributed by atoms with Gasteiger partial charge >= 0.3 is 0 Å². The molecule has 3 aromatic carbocycles. The highest BCUT2D eigenvalue weighted by atomic mass is 35.5. The van der Waals surface area contributed by atoms with Gasteiger partial charge in [-0.3, -0.25) is 4.79 Å². The van der Waals surface area contributed by atoms with Crippen molar-refractivity contribution in [2.75, 3.05) is 6.61 Å². The van der Waals surface area contributed by atoms with Gasteiger partial charge in [-0.25, -0.2) is 9.37 Å². The van der Waals surface area contributed by atoms with Crippen LogP contribution < -0.4 is 10.1 Å². The summed E-state index contributed by atoms with van der Waals surface area (Å²) in [6, 6.07) is 20.7. The number of carbonyl (C=O) groups is 1. The third kappa shape index (κ3) is 4.98. The summed E-state index contributed by atoms with van der Waals surface area (Å²) in [4.78, 5) is 17.0. The third-order valence-electron chi connectivity index (χ3n) is 5.00. The molecular formula is C25H21ClFN3O2. The summed E-state index contributed by atoms with van der Waals surface area (Å²) in [7, 11) is 1.81. The second-order valence-corrected chi connectivity index (χ2v) is 7.66. The van der Waals surface area contributed by atoms with Gasteiger partial charge in [0, 0.05) is 19.4 Å². The van der Waals surface area contributed by atoms with Crippen LogP contribution >= 0.6 is 11.6 Å². The molecule has 32 heavy (non-hydrogen) atoms. The van der Waals surface area contributed by atoms with Crippen LogP contribution in [0.1, 0.15) is 17.4 Å². The Morgan fingerprint density at radius 3 is 2.59 bits per heavy atom. The van der Waals surface area contributed by atoms with Crippen molar-refractivity contribution in [3.8, 4) is 16.9 Å². The van der Waals surface area contributed by atoms with Crippen molar-refractivity contribution in [2.24, 2.45) is 7.05 Å². The van der Waals surface area contributed by atoms with E-state index in [0.717, 1.165) is 11.1 Å². The highest BCUT2D eigenvalue weighted by Gasteiger charge is 2.21. The number of amides is 1. The Labute approximate surface area is 190 Å². The van der Waals surface area contributed by atoms with Gasteiger partial charge in [-0.05, 0) is 41.0 Å². The summed E-state index contributed by atoms with van der Waals surface area (Å²) in [5.41, 5.74) is 2.57. The molecule has 1 heterocycles. The van der Waals surface area contributed by atoms with Gasteiger partial charge in [0.15, 0.2) is 6.61 Å². The first-order valence-electron chi connectivity index (χ1n) is 10.0. The second-order valence-electron chi connectivity index (χ2n) is 7.25. The molecule has 4 rings (SSSR count). The fourth-order valence-electron chi connectivity index (χ4n) is 3.41. The van der Waals surface area contributed by atoms with Crippen LogP contribution in [0.5, 0.6) is 5.75 Å². The fourth-order valence-corrected chi connectivity index (χ4v) is 3.65. The van der Waals surface area contributed by atoms with Crippen LogP contribution in [0, 0.1) is 5.82 Å². The standard InChI is InChI=1S/C25H21ClFN3O2/c1-30-13-12-28-25(30)24(19-8-5-9-20(27)14-19)29-23(31)16-32-22-11-10-18(15-21(22)26)17-6-3-2-4-7-17/h2-15,24H,16H2,1H3,(H,29,31). The molecule has 0 aliphatic heterocycles. The minimum atomic E-state index is -0.627. The van der Waals surface area contributed by atoms with E-state index in [4.69, 9.17) is 16.3 Å². The summed E-state index contributed by atoms with van der Waals surface area (Å²) in [6.07, 6.45) is 3.39. The summed E-state index contributed by atoms with van der Waals surface area (Å²) >= 11 is 6.37. The van der Waals surface area contributed by atoms with Crippen LogP contribution in [-0.2, 0) is 11.8 Å². The monoisotopic (exact) mass is 449 g/mol. The topological polar surface area (TPSA) is 56.2 Å². The zero-order valence-corrected chi connectivity index (χ0v) is 18.1. The number of imidazole rings is 1. The maximum Gasteiger partial charge on any atom is 0.258 e. The average molecular weight is 450 g/mol. The predicted octanol–water partition coefficient (Wildman–Crippen LogP) is 5.16. The van der Waals surface area contributed by atoms with Gasteiger partial charge in [-0.1, -0.05) is 60.1 Å². The van der Waals surface area contributed by atoms with Crippen molar-refractivity contribution < 1.29 is 13.9 Å². The molecular weight excluding hydrogens is 429 g/mol. The minimum Gasteiger partial charge on any atom is -0.482 e. The number of ether oxygens (including phenoxy) is 1. The predicted molar refractivity (Wildman–Crippen MR) is 122 cm³/mol. The highest BCUT2D eigenvalue weighted by molar-refractivity contribution is 6.32. The number of carbonyl (C=O) groups excluding carboxylic acids is 1. The molecule has 0 aliphatic carbocycles. The molecule has 5 nitrogen and oxygen atoms in total. The number of nitrogens with zero attached hydrogens (tertiary/aromatic N) is 2. The van der Waals surface area contributed by atoms with Crippen molar-refractivity contribution in [1.82, 2.24) is 14.9 Å². The molecule has 1 atom stereocenters. The number of halogens is 2. The number of hydrogen-bond acceptors (Lipinski definition) is 3. The average Bonchev–Trinajstić information content (AvgIpc) is 3.22. The van der Waals surface area contributed by atoms with Gasteiger partial charge < -0.3 is 14.6 Å². The number of nitrogens with one attached hydrogen (secondary N) is 1. The van der Waals surface area contributed by atoms with E-state index in [9.17, 15) is 9.18 Å². The quantitative estimate of drug-likeness (QED) is 0.423. The zero-order valence-electron chi connectivity index (χ0n) is 17.3. The van der Waals surface area contributed by atoms with Crippen molar-refractivity contribution in [3.05, 3.63) is 107 Å². The molecule has 0 aliphatic rings. The van der Waals surface area contributed by atoms with Crippen LogP contribution in [0.4, 0.5) is 4.39 Å². The number of rotatable bonds is 7. The first kappa shape index (κ1) is 21.6. The molecule has 0 saturated carbocycles. The Hall–Kier alpha value is -3.64. The number of hydrogen-bond donors (Lipinski definition) is 1. The van der Waals surface area contributed by atoms with Crippen LogP contribution in [0.25, 0.3) is 11.1 Å². The summed E-state index contributed by atoms with van der Waals surface area (Å²) in [5.74, 6) is 0.206. The lowest BCUT2D eigenvalue weighted by molar-refractivity contribution is -0.123. The Bertz CT molecular complexity index is 1230. The summed E-state index contributed by atoms with van der Waals surface area (Å²) in [5, 5.41) is 3.28. The molecule has 162 valence electrons. The van der Waals surface area contributed by atoms with Crippen LogP contribution in [0.2, 0.25) is 5.02 Å². The largest absolute Gasteiger partial charge is 0.482 e. The molecule has 1 N–H and O–H groups in total. The molecule has 0 spiro atoms. The first-order valence-corrected chi connectivity index (χ1v) is 10.4. The van der Waals surface area contributed by atoms with E-state index in [0.29, 0.717) is 22.2 Å². The maximum absolute atomic E-state index is 13.8. The molecule has 0 fully saturated rings. The van der Waals surface area contributed by atoms with E-state index < -0.39 is 11.9 Å². The van der Waals surface area contributed by atoms with E-state index in [-0.39, 0.29) is 12.5 Å². The van der Waals surface area contributed by atoms with Gasteiger partial charge in [0.05, 0.1) is 5.02 Å². The van der Waals surface area contributed by atoms with Gasteiger partial charge in [0.25, 0.3) is 5.91 Å². The van der Waals surface area contributed by atoms with Crippen LogP contribution in [0.3, 0.4) is 0 Å². The Morgan fingerprint density at radius 2 is 1.91 bits per heavy atom. The van der Waals surface area contributed by atoms with Gasteiger partial charge in [-0.15, -0.1) is 0 Å². The van der Waals surface area contributed by atoms with Crippen molar-refractivity contribution in [1.29, 1.82) is 0 Å². The van der Waals surface area contributed by atoms with E-state index in [1.54, 1.807) is 41.2 Å². The Balaban J connectivity index is 1.46. The Morgan fingerprint density at radius 1 is 1.09 bits per heavy atom. The van der Waals surface area contributed by atoms with Crippen molar-refractivity contribution in [2.45, 2.75) is 6.04 Å². The van der Waals surface area contributed by atoms with E-state index in [2.05, 4.69) is 10.3 Å². The zero-order chi connectivity index (χ0) is 22.5. The number of aryl methyl sites for hydroxylation is 1. The van der Waals surface area contributed by atoms with E-state index >= 15 is 0 Å². The lowest BCUT2D eigenvalue weighted by Gasteiger charge is -2.19. The van der Waals surface area contributed by atoms with Crippen molar-refractivity contribution >= 4 is 17.5 Å². The normalized spacial score (nSPS) is 11.7. The molecule has 7 heteroatoms. The SMILES string of the molecule is Cn1ccnc1C(NC(=O)COc1ccc(-c2ccccc2)cc1Cl)c1cccc(F)c1. The second kappa shape index (κ2) is 9.66. The first-order chi connectivity index (χ1) is 15.5. The third-order valence-corrected chi connectivity index (χ3v) is 5.30. The molecule has 1 aromatic heterocycles. The lowest BCUT2D eigenvalue weighted by atomic mass is 10.1. The summed E-state index contributed by atoms with van der Waals surface area (Å²) < 4.78 is 21.2. The smallest absolute Gasteiger partial charge is 0.258 e. The number of benzene rings is 3. The van der Waals surface area contributed by atoms with Crippen LogP contribution in [0.15, 0.2) is 85.2 Å². The molecule has 0 radical (unpaired) electrons. The molecule has 1 unspecified atom stereocenters. The Kier molecular flexibility index (Phi) is 6.52. The highest BCUT2D eigenvalue weighted by Crippen LogP contribution is 2.30. The molecule has 1 amide bonds. The van der Waals surface area contributed by atoms with E-state index in [1.807, 2.05) is 43.4 Å². The fraction of sp³-hybridized carbons (Fsp3) is 0.120. The van der Waals surface area contributed by atoms with Gasteiger partial charge in [0.2, 0.25) is 0 Å². The number of aromatic nitrogens is 2. The molecule has 0 bridgehead atoms. The van der Waals surface area contributed by atoms with Gasteiger partial charge in [0.1, 0.15) is 23.4 Å². The van der Waals surface area contributed by atoms with Gasteiger partial charge in [-0.2, -0.15) is 0 Å². The molecule has 0 saturated heterocycles. The summed E-state index contributed by atoms with van der Waals surface area (Å²) in [6.45, 7) is -0.249. The van der Waals surface area contributed by atoms with E-state index in [1.165, 1.54) is 12.1 Å². The van der Waals surface area contributed by atoms with Crippen molar-refractivity contribution in [3.63, 3.8) is 0 Å². The van der Waals surface area contributed by atoms with Crippen LogP contribution in [-0.4, -0.2) is 22.1 Å². The maximum atomic E-state index is 13.8.